The number of primary sulfonamides is 1. The van der Waals surface area contributed by atoms with Gasteiger partial charge >= 0.3 is 5.97 Å². The largest absolute Gasteiger partial charge is 0.451 e. The fourth-order valence-electron chi connectivity index (χ4n) is 2.01. The van der Waals surface area contributed by atoms with Gasteiger partial charge in [-0.3, -0.25) is 4.79 Å². The molecule has 0 atom stereocenters. The van der Waals surface area contributed by atoms with Crippen LogP contribution in [0.4, 0.5) is 0 Å². The minimum atomic E-state index is -4.04. The lowest BCUT2D eigenvalue weighted by atomic mass is 10.1. The number of hydrogen-bond donors (Lipinski definition) is 1. The highest BCUT2D eigenvalue weighted by Crippen LogP contribution is 2.13. The first kappa shape index (κ1) is 17.9. The third kappa shape index (κ3) is 4.53. The van der Waals surface area contributed by atoms with E-state index in [1.54, 1.807) is 12.1 Å². The van der Waals surface area contributed by atoms with Crippen molar-refractivity contribution in [2.75, 3.05) is 6.61 Å². The lowest BCUT2D eigenvalue weighted by Crippen LogP contribution is -2.14. The molecule has 2 N–H and O–H groups in total. The van der Waals surface area contributed by atoms with Crippen molar-refractivity contribution in [1.29, 1.82) is 0 Å². The van der Waals surface area contributed by atoms with Crippen molar-refractivity contribution in [1.82, 2.24) is 0 Å². The first-order chi connectivity index (χ1) is 11.3. The van der Waals surface area contributed by atoms with E-state index in [4.69, 9.17) is 14.3 Å². The number of ketones is 1. The van der Waals surface area contributed by atoms with Gasteiger partial charge in [0.2, 0.25) is 10.9 Å². The molecule has 1 heterocycles. The summed E-state index contributed by atoms with van der Waals surface area (Å²) in [4.78, 5) is 23.7. The van der Waals surface area contributed by atoms with Gasteiger partial charge in [0.1, 0.15) is 0 Å². The van der Waals surface area contributed by atoms with E-state index < -0.39 is 27.7 Å². The van der Waals surface area contributed by atoms with Crippen LogP contribution in [0.15, 0.2) is 45.9 Å². The average Bonchev–Trinajstić information content (AvgIpc) is 3.03. The molecule has 0 aliphatic carbocycles. The number of sulfonamides is 1. The van der Waals surface area contributed by atoms with Crippen molar-refractivity contribution in [3.63, 3.8) is 0 Å². The van der Waals surface area contributed by atoms with Crippen molar-refractivity contribution in [3.8, 4) is 0 Å². The number of esters is 1. The number of carbonyl (C=O) groups is 2. The number of ether oxygens (including phenoxy) is 1. The van der Waals surface area contributed by atoms with Crippen LogP contribution in [0.2, 0.25) is 0 Å². The van der Waals surface area contributed by atoms with Gasteiger partial charge in [0, 0.05) is 5.56 Å². The molecule has 0 spiro atoms. The molecule has 0 aliphatic rings. The summed E-state index contributed by atoms with van der Waals surface area (Å²) < 4.78 is 31.8. The van der Waals surface area contributed by atoms with Gasteiger partial charge in [-0.15, -0.1) is 0 Å². The molecule has 2 rings (SSSR count). The van der Waals surface area contributed by atoms with Crippen LogP contribution in [-0.4, -0.2) is 26.8 Å². The summed E-state index contributed by atoms with van der Waals surface area (Å²) in [6.45, 7) is 1.59. The average molecular weight is 351 g/mol. The minimum absolute atomic E-state index is 0.342. The van der Waals surface area contributed by atoms with E-state index in [0.29, 0.717) is 5.56 Å². The molecular weight excluding hydrogens is 334 g/mol. The topological polar surface area (TPSA) is 117 Å². The smallest absolute Gasteiger partial charge is 0.374 e. The van der Waals surface area contributed by atoms with E-state index in [0.717, 1.165) is 30.5 Å². The Morgan fingerprint density at radius 3 is 2.33 bits per heavy atom. The predicted molar refractivity (Wildman–Crippen MR) is 85.1 cm³/mol. The summed E-state index contributed by atoms with van der Waals surface area (Å²) in [5.74, 6) is -1.66. The van der Waals surface area contributed by atoms with Gasteiger partial charge in [-0.1, -0.05) is 37.6 Å². The van der Waals surface area contributed by atoms with E-state index in [-0.39, 0.29) is 11.5 Å². The second-order valence-corrected chi connectivity index (χ2v) is 6.60. The zero-order valence-electron chi connectivity index (χ0n) is 13.0. The normalized spacial score (nSPS) is 11.2. The van der Waals surface area contributed by atoms with E-state index in [2.05, 4.69) is 6.92 Å². The van der Waals surface area contributed by atoms with Gasteiger partial charge in [-0.2, -0.15) is 0 Å². The van der Waals surface area contributed by atoms with Gasteiger partial charge in [-0.25, -0.2) is 18.4 Å². The molecule has 0 amide bonds. The Morgan fingerprint density at radius 1 is 1.12 bits per heavy atom. The predicted octanol–water partition coefficient (Wildman–Crippen LogP) is 1.92. The summed E-state index contributed by atoms with van der Waals surface area (Å²) in [6.07, 6.45) is 1.93. The Labute approximate surface area is 139 Å². The van der Waals surface area contributed by atoms with Gasteiger partial charge in [0.25, 0.3) is 10.0 Å². The summed E-state index contributed by atoms with van der Waals surface area (Å²) in [5.41, 5.74) is 1.55. The molecule has 0 bridgehead atoms. The van der Waals surface area contributed by atoms with Crippen molar-refractivity contribution < 1.29 is 27.2 Å². The summed E-state index contributed by atoms with van der Waals surface area (Å²) >= 11 is 0. The van der Waals surface area contributed by atoms with Crippen LogP contribution >= 0.6 is 0 Å². The van der Waals surface area contributed by atoms with Crippen LogP contribution in [0.5, 0.6) is 0 Å². The maximum absolute atomic E-state index is 12.0. The third-order valence-electron chi connectivity index (χ3n) is 3.21. The number of hydrogen-bond acceptors (Lipinski definition) is 6. The minimum Gasteiger partial charge on any atom is -0.451 e. The van der Waals surface area contributed by atoms with Crippen LogP contribution in [0.3, 0.4) is 0 Å². The number of aryl methyl sites for hydroxylation is 1. The Bertz CT molecular complexity index is 836. The lowest BCUT2D eigenvalue weighted by molar-refractivity contribution is 0.0439. The molecule has 0 unspecified atom stereocenters. The molecule has 1 aromatic heterocycles. The Morgan fingerprint density at radius 2 is 1.79 bits per heavy atom. The number of Topliss-reactive ketones (excluding diaryl/α,β-unsaturated/α-hetero) is 1. The number of benzene rings is 1. The Kier molecular flexibility index (Phi) is 5.53. The van der Waals surface area contributed by atoms with E-state index >= 15 is 0 Å². The quantitative estimate of drug-likeness (QED) is 0.601. The summed E-state index contributed by atoms with van der Waals surface area (Å²) in [7, 11) is -4.04. The second-order valence-electron chi connectivity index (χ2n) is 5.11. The standard InChI is InChI=1S/C16H17NO6S/c1-2-3-11-4-6-12(7-5-11)13(18)10-22-16(19)14-8-9-15(23-14)24(17,20)21/h4-9H,2-3,10H2,1H3,(H2,17,20,21). The summed E-state index contributed by atoms with van der Waals surface area (Å²) in [6, 6.07) is 9.21. The van der Waals surface area contributed by atoms with Crippen LogP contribution in [0, 0.1) is 0 Å². The zero-order valence-corrected chi connectivity index (χ0v) is 13.8. The molecular formula is C16H17NO6S. The number of nitrogens with two attached hydrogens (primary N) is 1. The van der Waals surface area contributed by atoms with E-state index in [9.17, 15) is 18.0 Å². The van der Waals surface area contributed by atoms with Gasteiger partial charge in [-0.05, 0) is 24.1 Å². The monoisotopic (exact) mass is 351 g/mol. The zero-order chi connectivity index (χ0) is 17.7. The summed E-state index contributed by atoms with van der Waals surface area (Å²) in [5, 5.41) is 4.33. The molecule has 2 aromatic rings. The first-order valence-electron chi connectivity index (χ1n) is 7.23. The number of furan rings is 1. The first-order valence-corrected chi connectivity index (χ1v) is 8.78. The van der Waals surface area contributed by atoms with Crippen molar-refractivity contribution >= 4 is 21.8 Å². The lowest BCUT2D eigenvalue weighted by Gasteiger charge is -2.04. The molecule has 1 aromatic carbocycles. The van der Waals surface area contributed by atoms with Gasteiger partial charge in [0.15, 0.2) is 12.4 Å². The van der Waals surface area contributed by atoms with Crippen LogP contribution < -0.4 is 5.14 Å². The van der Waals surface area contributed by atoms with Crippen molar-refractivity contribution in [2.24, 2.45) is 5.14 Å². The van der Waals surface area contributed by atoms with Crippen LogP contribution in [0.25, 0.3) is 0 Å². The maximum Gasteiger partial charge on any atom is 0.374 e. The van der Waals surface area contributed by atoms with Gasteiger partial charge < -0.3 is 9.15 Å². The third-order valence-corrected chi connectivity index (χ3v) is 3.99. The highest BCUT2D eigenvalue weighted by molar-refractivity contribution is 7.89. The Hall–Kier alpha value is -2.45. The molecule has 7 nitrogen and oxygen atoms in total. The molecule has 0 radical (unpaired) electrons. The fourth-order valence-corrected chi connectivity index (χ4v) is 2.48. The SMILES string of the molecule is CCCc1ccc(C(=O)COC(=O)c2ccc(S(N)(=O)=O)o2)cc1. The second kappa shape index (κ2) is 7.41. The highest BCUT2D eigenvalue weighted by Gasteiger charge is 2.19. The van der Waals surface area contributed by atoms with Crippen molar-refractivity contribution in [2.45, 2.75) is 24.9 Å². The maximum atomic E-state index is 12.0. The van der Waals surface area contributed by atoms with Gasteiger partial charge in [0.05, 0.1) is 0 Å². The van der Waals surface area contributed by atoms with Crippen LogP contribution in [-0.2, 0) is 21.2 Å². The molecule has 0 aliphatic heterocycles. The van der Waals surface area contributed by atoms with Crippen molar-refractivity contribution in [3.05, 3.63) is 53.3 Å². The molecule has 24 heavy (non-hydrogen) atoms. The van der Waals surface area contributed by atoms with E-state index in [1.165, 1.54) is 0 Å². The Balaban J connectivity index is 1.95. The molecule has 0 saturated heterocycles. The number of carbonyl (C=O) groups excluding carboxylic acids is 2. The molecule has 128 valence electrons. The number of rotatable bonds is 7. The van der Waals surface area contributed by atoms with Crippen LogP contribution in [0.1, 0.15) is 39.8 Å². The fraction of sp³-hybridized carbons (Fsp3) is 0.250. The molecule has 0 fully saturated rings. The molecule has 8 heteroatoms. The van der Waals surface area contributed by atoms with E-state index in [1.807, 2.05) is 12.1 Å². The molecule has 0 saturated carbocycles. The highest BCUT2D eigenvalue weighted by atomic mass is 32.2.